The largest absolute Gasteiger partial charge is 0.491 e. The van der Waals surface area contributed by atoms with Crippen LogP contribution >= 0.6 is 0 Å². The Morgan fingerprint density at radius 2 is 1.81 bits per heavy atom. The van der Waals surface area contributed by atoms with E-state index in [1.54, 1.807) is 30.3 Å². The molecule has 2 atom stereocenters. The third-order valence-corrected chi connectivity index (χ3v) is 7.12. The smallest absolute Gasteiger partial charge is 0.195 e. The fraction of sp³-hybridized carbons (Fsp3) is 0.348. The quantitative estimate of drug-likeness (QED) is 0.439. The molecule has 0 spiro atoms. The first kappa shape index (κ1) is 22.5. The van der Waals surface area contributed by atoms with Gasteiger partial charge in [0, 0.05) is 33.8 Å². The van der Waals surface area contributed by atoms with Crippen LogP contribution in [-0.2, 0) is 15.3 Å². The van der Waals surface area contributed by atoms with Crippen molar-refractivity contribution in [3.63, 3.8) is 0 Å². The fourth-order valence-electron chi connectivity index (χ4n) is 4.12. The summed E-state index contributed by atoms with van der Waals surface area (Å²) in [4.78, 5) is 16.8. The summed E-state index contributed by atoms with van der Waals surface area (Å²) in [6.45, 7) is 3.11. The summed E-state index contributed by atoms with van der Waals surface area (Å²) in [5.74, 6) is 0.239. The van der Waals surface area contributed by atoms with Crippen molar-refractivity contribution in [1.82, 2.24) is 4.98 Å². The van der Waals surface area contributed by atoms with E-state index in [2.05, 4.69) is 4.98 Å². The highest BCUT2D eigenvalue weighted by molar-refractivity contribution is 7.90. The van der Waals surface area contributed by atoms with Gasteiger partial charge in [0.25, 0.3) is 0 Å². The molecule has 1 aliphatic carbocycles. The molecule has 0 bridgehead atoms. The first-order valence-electron chi connectivity index (χ1n) is 10.1. The summed E-state index contributed by atoms with van der Waals surface area (Å²) < 4.78 is 29.5. The number of rotatable bonds is 6. The topological polar surface area (TPSA) is 137 Å². The number of carbonyl (C=O) groups excluding carboxylic acids is 1. The first-order valence-corrected chi connectivity index (χ1v) is 12.0. The van der Waals surface area contributed by atoms with Gasteiger partial charge < -0.3 is 25.0 Å². The Kier molecular flexibility index (Phi) is 5.41. The van der Waals surface area contributed by atoms with Crippen molar-refractivity contribution in [2.75, 3.05) is 19.5 Å². The predicted molar refractivity (Wildman–Crippen MR) is 118 cm³/mol. The number of aliphatic hydroxyl groups excluding tert-OH is 3. The van der Waals surface area contributed by atoms with E-state index in [9.17, 15) is 23.4 Å². The van der Waals surface area contributed by atoms with Crippen LogP contribution in [0.15, 0.2) is 41.3 Å². The van der Waals surface area contributed by atoms with E-state index < -0.39 is 34.1 Å². The molecule has 4 N–H and O–H groups in total. The molecule has 9 heteroatoms. The molecule has 0 radical (unpaired) electrons. The molecule has 0 aliphatic heterocycles. The monoisotopic (exact) mass is 459 g/mol. The Morgan fingerprint density at radius 1 is 1.09 bits per heavy atom. The van der Waals surface area contributed by atoms with Crippen LogP contribution in [0.4, 0.5) is 0 Å². The number of ether oxygens (including phenoxy) is 1. The number of nitrogens with one attached hydrogen (secondary N) is 1. The van der Waals surface area contributed by atoms with Gasteiger partial charge in [-0.25, -0.2) is 8.42 Å². The van der Waals surface area contributed by atoms with Crippen LogP contribution in [0, 0.1) is 0 Å². The molecule has 3 aromatic rings. The van der Waals surface area contributed by atoms with Gasteiger partial charge in [-0.05, 0) is 35.9 Å². The Hall–Kier alpha value is -2.72. The Balaban J connectivity index is 1.77. The number of hydrogen-bond acceptors (Lipinski definition) is 7. The maximum absolute atomic E-state index is 13.4. The van der Waals surface area contributed by atoms with Crippen LogP contribution in [-0.4, -0.2) is 66.2 Å². The van der Waals surface area contributed by atoms with Crippen LogP contribution in [0.3, 0.4) is 0 Å². The van der Waals surface area contributed by atoms with E-state index in [4.69, 9.17) is 9.84 Å². The normalized spacial score (nSPS) is 17.0. The Labute approximate surface area is 185 Å². The van der Waals surface area contributed by atoms with Gasteiger partial charge in [-0.2, -0.15) is 0 Å². The molecule has 1 aliphatic rings. The molecule has 1 heterocycles. The van der Waals surface area contributed by atoms with Gasteiger partial charge in [0.1, 0.15) is 24.6 Å². The summed E-state index contributed by atoms with van der Waals surface area (Å²) in [5, 5.41) is 28.9. The number of aromatic nitrogens is 1. The molecule has 0 fully saturated rings. The molecule has 2 aromatic carbocycles. The maximum atomic E-state index is 13.4. The van der Waals surface area contributed by atoms with Crippen molar-refractivity contribution in [3.05, 3.63) is 58.8 Å². The zero-order chi connectivity index (χ0) is 23.4. The lowest BCUT2D eigenvalue weighted by Gasteiger charge is -2.32. The van der Waals surface area contributed by atoms with Crippen molar-refractivity contribution in [1.29, 1.82) is 0 Å². The summed E-state index contributed by atoms with van der Waals surface area (Å²) in [7, 11) is -3.39. The number of hydrogen-bond donors (Lipinski definition) is 4. The zero-order valence-electron chi connectivity index (χ0n) is 17.9. The molecule has 1 aromatic heterocycles. The highest BCUT2D eigenvalue weighted by Crippen LogP contribution is 2.44. The Morgan fingerprint density at radius 3 is 2.47 bits per heavy atom. The van der Waals surface area contributed by atoms with Crippen LogP contribution < -0.4 is 4.74 Å². The lowest BCUT2D eigenvalue weighted by Crippen LogP contribution is -2.34. The zero-order valence-corrected chi connectivity index (χ0v) is 18.7. The number of aromatic amines is 1. The van der Waals surface area contributed by atoms with Gasteiger partial charge in [-0.15, -0.1) is 0 Å². The summed E-state index contributed by atoms with van der Waals surface area (Å²) in [6.07, 6.45) is -1.42. The molecule has 170 valence electrons. The number of aliphatic hydroxyl groups is 3. The first-order chi connectivity index (χ1) is 14.9. The summed E-state index contributed by atoms with van der Waals surface area (Å²) in [6, 6.07) is 9.71. The molecule has 8 nitrogen and oxygen atoms in total. The van der Waals surface area contributed by atoms with Crippen molar-refractivity contribution in [2.45, 2.75) is 36.4 Å². The second-order valence-corrected chi connectivity index (χ2v) is 10.7. The van der Waals surface area contributed by atoms with Crippen LogP contribution in [0.2, 0.25) is 0 Å². The SMILES string of the molecule is CC1(C)c2cc(OC[C@@H](O)[C@H](O)CO)ccc2C(=O)c2c1[nH]c1cc(S(C)(=O)=O)ccc21. The third kappa shape index (κ3) is 3.61. The van der Waals surface area contributed by atoms with E-state index in [1.807, 2.05) is 13.8 Å². The highest BCUT2D eigenvalue weighted by Gasteiger charge is 2.40. The third-order valence-electron chi connectivity index (χ3n) is 6.01. The van der Waals surface area contributed by atoms with Crippen molar-refractivity contribution in [3.8, 4) is 5.75 Å². The van der Waals surface area contributed by atoms with Gasteiger partial charge in [0.15, 0.2) is 15.6 Å². The average Bonchev–Trinajstić information content (AvgIpc) is 3.15. The summed E-state index contributed by atoms with van der Waals surface area (Å²) in [5.41, 5.74) is 2.39. The second kappa shape index (κ2) is 7.70. The molecule has 0 unspecified atom stereocenters. The minimum atomic E-state index is -3.39. The standard InChI is InChI=1S/C23H25NO7S/c1-23(2)16-8-12(31-11-19(27)18(26)10-25)4-6-14(16)21(28)20-15-7-5-13(32(3,29)30)9-17(15)24-22(20)23/h4-9,18-19,24-27H,10-11H2,1-3H3/t18-,19-/m1/s1. The molecule has 0 saturated heterocycles. The van der Waals surface area contributed by atoms with Gasteiger partial charge >= 0.3 is 0 Å². The van der Waals surface area contributed by atoms with Gasteiger partial charge in [0.2, 0.25) is 0 Å². The van der Waals surface area contributed by atoms with Crippen LogP contribution in [0.5, 0.6) is 5.75 Å². The van der Waals surface area contributed by atoms with Crippen molar-refractivity contribution < 1.29 is 33.3 Å². The maximum Gasteiger partial charge on any atom is 0.195 e. The molecule has 0 saturated carbocycles. The minimum absolute atomic E-state index is 0.171. The average molecular weight is 460 g/mol. The van der Waals surface area contributed by atoms with Crippen molar-refractivity contribution in [2.24, 2.45) is 0 Å². The number of H-pyrrole nitrogens is 1. The lowest BCUT2D eigenvalue weighted by molar-refractivity contribution is -0.0339. The molecular weight excluding hydrogens is 434 g/mol. The lowest BCUT2D eigenvalue weighted by atomic mass is 9.71. The van der Waals surface area contributed by atoms with E-state index in [0.717, 1.165) is 11.8 Å². The van der Waals surface area contributed by atoms with E-state index >= 15 is 0 Å². The number of benzene rings is 2. The second-order valence-electron chi connectivity index (χ2n) is 8.64. The molecule has 0 amide bonds. The minimum Gasteiger partial charge on any atom is -0.491 e. The van der Waals surface area contributed by atoms with E-state index in [-0.39, 0.29) is 17.3 Å². The fourth-order valence-corrected chi connectivity index (χ4v) is 4.77. The van der Waals surface area contributed by atoms with Crippen LogP contribution in [0.1, 0.15) is 41.0 Å². The predicted octanol–water partition coefficient (Wildman–Crippen LogP) is 1.53. The number of ketones is 1. The molecule has 32 heavy (non-hydrogen) atoms. The van der Waals surface area contributed by atoms with Gasteiger partial charge in [-0.3, -0.25) is 4.79 Å². The molecular formula is C23H25NO7S. The number of sulfone groups is 1. The summed E-state index contributed by atoms with van der Waals surface area (Å²) >= 11 is 0. The molecule has 4 rings (SSSR count). The van der Waals surface area contributed by atoms with E-state index in [0.29, 0.717) is 33.5 Å². The highest BCUT2D eigenvalue weighted by atomic mass is 32.2. The van der Waals surface area contributed by atoms with Gasteiger partial charge in [-0.1, -0.05) is 19.9 Å². The van der Waals surface area contributed by atoms with Gasteiger partial charge in [0.05, 0.1) is 17.1 Å². The Bertz CT molecular complexity index is 1320. The number of carbonyl (C=O) groups is 1. The van der Waals surface area contributed by atoms with Crippen molar-refractivity contribution >= 4 is 26.5 Å². The number of fused-ring (bicyclic) bond motifs is 4. The van der Waals surface area contributed by atoms with Crippen LogP contribution in [0.25, 0.3) is 10.9 Å². The van der Waals surface area contributed by atoms with E-state index in [1.165, 1.54) is 6.07 Å².